The van der Waals surface area contributed by atoms with E-state index >= 15 is 0 Å². The second-order valence-electron chi connectivity index (χ2n) is 4.95. The monoisotopic (exact) mass is 290 g/mol. The predicted octanol–water partition coefficient (Wildman–Crippen LogP) is 5.70. The normalized spacial score (nSPS) is 10.8. The minimum Gasteiger partial charge on any atom is -0.0843 e. The van der Waals surface area contributed by atoms with Crippen LogP contribution in [0.25, 0.3) is 0 Å². The first kappa shape index (κ1) is 14.4. The summed E-state index contributed by atoms with van der Waals surface area (Å²) in [6, 6.07) is 7.88. The molecular formula is C17H16Cl2. The molecule has 0 bridgehead atoms. The van der Waals surface area contributed by atoms with Crippen LogP contribution in [0.5, 0.6) is 0 Å². The molecule has 0 N–H and O–H groups in total. The molecule has 0 heterocycles. The molecule has 0 aliphatic rings. The van der Waals surface area contributed by atoms with E-state index in [1.54, 1.807) is 0 Å². The minimum atomic E-state index is 0.769. The van der Waals surface area contributed by atoms with Crippen LogP contribution in [0.2, 0.25) is 10.0 Å². The molecule has 2 rings (SSSR count). The van der Waals surface area contributed by atoms with E-state index < -0.39 is 0 Å². The summed E-state index contributed by atoms with van der Waals surface area (Å²) in [5, 5.41) is 1.54. The Morgan fingerprint density at radius 1 is 0.632 bits per heavy atom. The molecule has 0 amide bonds. The van der Waals surface area contributed by atoms with E-state index in [1.807, 2.05) is 24.3 Å². The Kier molecular flexibility index (Phi) is 4.23. The average Bonchev–Trinajstić information content (AvgIpc) is 2.25. The summed E-state index contributed by atoms with van der Waals surface area (Å²) in [5.74, 6) is 0. The first-order chi connectivity index (χ1) is 8.88. The molecule has 0 saturated carbocycles. The number of benzene rings is 2. The van der Waals surface area contributed by atoms with Crippen molar-refractivity contribution in [2.24, 2.45) is 0 Å². The summed E-state index contributed by atoms with van der Waals surface area (Å²) in [7, 11) is 0. The number of aryl methyl sites for hydroxylation is 4. The lowest BCUT2D eigenvalue weighted by Crippen LogP contribution is -1.98. The molecule has 0 atom stereocenters. The van der Waals surface area contributed by atoms with Gasteiger partial charge >= 0.3 is 0 Å². The predicted molar refractivity (Wildman–Crippen MR) is 83.3 cm³/mol. The summed E-state index contributed by atoms with van der Waals surface area (Å²) in [6.45, 7) is 8.23. The maximum absolute atomic E-state index is 6.06. The van der Waals surface area contributed by atoms with Crippen LogP contribution >= 0.6 is 23.2 Å². The maximum Gasteiger partial charge on any atom is 0.0513 e. The molecule has 0 fully saturated rings. The fourth-order valence-corrected chi connectivity index (χ4v) is 3.00. The highest BCUT2D eigenvalue weighted by molar-refractivity contribution is 6.31. The van der Waals surface area contributed by atoms with Gasteiger partial charge < -0.3 is 0 Å². The summed E-state index contributed by atoms with van der Waals surface area (Å²) < 4.78 is 0. The van der Waals surface area contributed by atoms with Gasteiger partial charge in [0.2, 0.25) is 0 Å². The topological polar surface area (TPSA) is 0 Å². The summed E-state index contributed by atoms with van der Waals surface area (Å²) in [4.78, 5) is 0. The summed E-state index contributed by atoms with van der Waals surface area (Å²) >= 11 is 12.1. The molecule has 19 heavy (non-hydrogen) atoms. The van der Waals surface area contributed by atoms with Crippen molar-refractivity contribution in [2.45, 2.75) is 27.7 Å². The van der Waals surface area contributed by atoms with Crippen molar-refractivity contribution in [3.63, 3.8) is 0 Å². The van der Waals surface area contributed by atoms with Gasteiger partial charge in [-0.3, -0.25) is 0 Å². The molecule has 0 spiro atoms. The zero-order valence-electron chi connectivity index (χ0n) is 11.6. The molecule has 2 heteroatoms. The van der Waals surface area contributed by atoms with Gasteiger partial charge in [0.25, 0.3) is 0 Å². The van der Waals surface area contributed by atoms with Gasteiger partial charge in [-0.05, 0) is 85.3 Å². The lowest BCUT2D eigenvalue weighted by atomic mass is 9.91. The Labute approximate surface area is 125 Å². The van der Waals surface area contributed by atoms with Crippen molar-refractivity contribution < 1.29 is 0 Å². The van der Waals surface area contributed by atoms with Crippen molar-refractivity contribution in [3.8, 4) is 0 Å². The van der Waals surface area contributed by atoms with Crippen LogP contribution in [0.4, 0.5) is 0 Å². The highest BCUT2D eigenvalue weighted by Gasteiger charge is 2.11. The van der Waals surface area contributed by atoms with E-state index in [9.17, 15) is 0 Å². The molecule has 0 unspecified atom stereocenters. The molecule has 2 radical (unpaired) electrons. The van der Waals surface area contributed by atoms with Crippen molar-refractivity contribution in [1.82, 2.24) is 0 Å². The molecule has 2 aromatic carbocycles. The largest absolute Gasteiger partial charge is 0.0843 e. The quantitative estimate of drug-likeness (QED) is 0.665. The van der Waals surface area contributed by atoms with E-state index in [2.05, 4.69) is 34.1 Å². The van der Waals surface area contributed by atoms with Crippen LogP contribution in [0.15, 0.2) is 24.3 Å². The van der Waals surface area contributed by atoms with Crippen LogP contribution in [0.1, 0.15) is 33.4 Å². The fraction of sp³-hybridized carbons (Fsp3) is 0.235. The molecule has 2 aromatic rings. The van der Waals surface area contributed by atoms with E-state index in [-0.39, 0.29) is 0 Å². The Hall–Kier alpha value is -0.980. The first-order valence-corrected chi connectivity index (χ1v) is 6.94. The molecule has 0 aromatic heterocycles. The Balaban J connectivity index is 2.48. The smallest absolute Gasteiger partial charge is 0.0513 e. The van der Waals surface area contributed by atoms with Gasteiger partial charge in [-0.2, -0.15) is 0 Å². The van der Waals surface area contributed by atoms with E-state index in [1.165, 1.54) is 0 Å². The molecule has 0 aliphatic heterocycles. The highest BCUT2D eigenvalue weighted by Crippen LogP contribution is 2.28. The molecular weight excluding hydrogens is 275 g/mol. The molecule has 98 valence electrons. The molecule has 0 saturated heterocycles. The second-order valence-corrected chi connectivity index (χ2v) is 5.83. The van der Waals surface area contributed by atoms with Crippen LogP contribution in [-0.2, 0) is 0 Å². The number of rotatable bonds is 2. The highest BCUT2D eigenvalue weighted by atomic mass is 35.5. The van der Waals surface area contributed by atoms with Crippen LogP contribution in [0, 0.1) is 34.1 Å². The SMILES string of the molecule is Cc1cc(Cl)cc(C)c1[C]c1c(C)cc(Cl)cc1C. The number of hydrogen-bond acceptors (Lipinski definition) is 0. The first-order valence-electron chi connectivity index (χ1n) is 6.19. The third-order valence-electron chi connectivity index (χ3n) is 3.24. The Morgan fingerprint density at radius 3 is 1.16 bits per heavy atom. The van der Waals surface area contributed by atoms with Crippen LogP contribution in [-0.4, -0.2) is 0 Å². The van der Waals surface area contributed by atoms with Gasteiger partial charge in [0.1, 0.15) is 0 Å². The van der Waals surface area contributed by atoms with E-state index in [0.717, 1.165) is 43.4 Å². The van der Waals surface area contributed by atoms with Gasteiger partial charge in [-0.15, -0.1) is 0 Å². The second kappa shape index (κ2) is 5.56. The standard InChI is InChI=1S/C17H16Cl2/c1-10-5-14(18)6-11(2)16(10)9-17-12(3)7-15(19)8-13(17)4/h5-8H,1-4H3. The van der Waals surface area contributed by atoms with Gasteiger partial charge in [-0.1, -0.05) is 23.2 Å². The lowest BCUT2D eigenvalue weighted by molar-refractivity contribution is 1.23. The maximum atomic E-state index is 6.06. The number of hydrogen-bond donors (Lipinski definition) is 0. The van der Waals surface area contributed by atoms with Gasteiger partial charge in [0.15, 0.2) is 0 Å². The third-order valence-corrected chi connectivity index (χ3v) is 3.68. The van der Waals surface area contributed by atoms with Crippen molar-refractivity contribution in [1.29, 1.82) is 0 Å². The van der Waals surface area contributed by atoms with Crippen molar-refractivity contribution >= 4 is 23.2 Å². The van der Waals surface area contributed by atoms with Crippen LogP contribution in [0.3, 0.4) is 0 Å². The van der Waals surface area contributed by atoms with Gasteiger partial charge in [0.05, 0.1) is 6.42 Å². The molecule has 0 nitrogen and oxygen atoms in total. The van der Waals surface area contributed by atoms with Gasteiger partial charge in [0, 0.05) is 10.0 Å². The third kappa shape index (κ3) is 3.13. The van der Waals surface area contributed by atoms with E-state index in [4.69, 9.17) is 23.2 Å². The van der Waals surface area contributed by atoms with Crippen molar-refractivity contribution in [3.05, 3.63) is 74.1 Å². The summed E-state index contributed by atoms with van der Waals surface area (Å²) in [5.41, 5.74) is 6.77. The van der Waals surface area contributed by atoms with E-state index in [0.29, 0.717) is 0 Å². The molecule has 0 aliphatic carbocycles. The zero-order chi connectivity index (χ0) is 14.2. The number of halogens is 2. The zero-order valence-corrected chi connectivity index (χ0v) is 13.1. The Bertz CT molecular complexity index is 526. The lowest BCUT2D eigenvalue weighted by Gasteiger charge is -2.14. The van der Waals surface area contributed by atoms with Crippen molar-refractivity contribution in [2.75, 3.05) is 0 Å². The van der Waals surface area contributed by atoms with Gasteiger partial charge in [-0.25, -0.2) is 0 Å². The average molecular weight is 291 g/mol. The minimum absolute atomic E-state index is 0.769. The Morgan fingerprint density at radius 2 is 0.895 bits per heavy atom. The fourth-order valence-electron chi connectivity index (χ4n) is 2.34. The summed E-state index contributed by atoms with van der Waals surface area (Å²) in [6.07, 6.45) is 3.51. The van der Waals surface area contributed by atoms with Crippen LogP contribution < -0.4 is 0 Å².